The maximum Gasteiger partial charge on any atom is 0.321 e. The Balaban J connectivity index is 1.51. The van der Waals surface area contributed by atoms with Crippen LogP contribution in [-0.4, -0.2) is 47.1 Å². The van der Waals surface area contributed by atoms with Crippen molar-refractivity contribution in [1.29, 1.82) is 0 Å². The van der Waals surface area contributed by atoms with Crippen LogP contribution in [0, 0.1) is 18.6 Å². The van der Waals surface area contributed by atoms with Crippen LogP contribution in [0.2, 0.25) is 0 Å². The van der Waals surface area contributed by atoms with Gasteiger partial charge in [0.1, 0.15) is 11.6 Å². The number of aromatic nitrogens is 2. The van der Waals surface area contributed by atoms with Gasteiger partial charge in [-0.25, -0.2) is 23.5 Å². The number of rotatable bonds is 5. The van der Waals surface area contributed by atoms with E-state index in [-0.39, 0.29) is 11.7 Å². The highest BCUT2D eigenvalue weighted by atomic mass is 19.2. The number of nitrogens with zero attached hydrogens (tertiary/aromatic N) is 4. The zero-order chi connectivity index (χ0) is 24.1. The standard InChI is InChI=1S/C26H29F2N5O/c1-3-24-21(16-19-8-5-4-6-9-19)25(30-18(2)29-24)32-12-7-13-33(15-14-32)26(34)31-20-10-11-22(27)23(28)17-20/h4-6,8-11,17H,3,7,12-16H2,1-2H3,(H,31,34). The number of aryl methyl sites for hydroxylation is 2. The zero-order valence-electron chi connectivity index (χ0n) is 19.5. The highest BCUT2D eigenvalue weighted by molar-refractivity contribution is 5.89. The van der Waals surface area contributed by atoms with Crippen LogP contribution in [0.4, 0.5) is 25.1 Å². The van der Waals surface area contributed by atoms with E-state index in [4.69, 9.17) is 9.97 Å². The molecule has 8 heteroatoms. The van der Waals surface area contributed by atoms with Crippen LogP contribution in [0.3, 0.4) is 0 Å². The molecule has 2 heterocycles. The van der Waals surface area contributed by atoms with Crippen molar-refractivity contribution >= 4 is 17.5 Å². The monoisotopic (exact) mass is 465 g/mol. The van der Waals surface area contributed by atoms with Crippen molar-refractivity contribution < 1.29 is 13.6 Å². The SMILES string of the molecule is CCc1nc(C)nc(N2CCCN(C(=O)Nc3ccc(F)c(F)c3)CC2)c1Cc1ccccc1. The Bertz CT molecular complexity index is 1160. The molecule has 3 aromatic rings. The molecule has 0 radical (unpaired) electrons. The van der Waals surface area contributed by atoms with Crippen molar-refractivity contribution in [1.82, 2.24) is 14.9 Å². The molecule has 1 aromatic heterocycles. The summed E-state index contributed by atoms with van der Waals surface area (Å²) < 4.78 is 26.7. The van der Waals surface area contributed by atoms with Gasteiger partial charge in [-0.2, -0.15) is 0 Å². The van der Waals surface area contributed by atoms with E-state index in [0.717, 1.165) is 60.8 Å². The first kappa shape index (κ1) is 23.6. The quantitative estimate of drug-likeness (QED) is 0.579. The predicted molar refractivity (Wildman–Crippen MR) is 129 cm³/mol. The van der Waals surface area contributed by atoms with Crippen LogP contribution in [-0.2, 0) is 12.8 Å². The van der Waals surface area contributed by atoms with Crippen molar-refractivity contribution in [3.05, 3.63) is 82.8 Å². The second-order valence-electron chi connectivity index (χ2n) is 8.42. The highest BCUT2D eigenvalue weighted by Gasteiger charge is 2.24. The van der Waals surface area contributed by atoms with Crippen LogP contribution < -0.4 is 10.2 Å². The zero-order valence-corrected chi connectivity index (χ0v) is 19.5. The van der Waals surface area contributed by atoms with Crippen LogP contribution >= 0.6 is 0 Å². The largest absolute Gasteiger partial charge is 0.354 e. The molecule has 0 spiro atoms. The number of carbonyl (C=O) groups excluding carboxylic acids is 1. The maximum atomic E-state index is 13.5. The Morgan fingerprint density at radius 1 is 1.00 bits per heavy atom. The fourth-order valence-electron chi connectivity index (χ4n) is 4.28. The van der Waals surface area contributed by atoms with E-state index in [0.29, 0.717) is 19.6 Å². The summed E-state index contributed by atoms with van der Waals surface area (Å²) in [5.74, 6) is -0.269. The van der Waals surface area contributed by atoms with Gasteiger partial charge < -0.3 is 15.1 Å². The molecule has 1 aliphatic rings. The lowest BCUT2D eigenvalue weighted by Crippen LogP contribution is -2.38. The summed E-state index contributed by atoms with van der Waals surface area (Å²) in [6.45, 7) is 6.44. The molecule has 0 saturated carbocycles. The smallest absolute Gasteiger partial charge is 0.321 e. The number of halogens is 2. The second-order valence-corrected chi connectivity index (χ2v) is 8.42. The van der Waals surface area contributed by atoms with Gasteiger partial charge in [0.05, 0.1) is 0 Å². The van der Waals surface area contributed by atoms with Gasteiger partial charge in [-0.3, -0.25) is 0 Å². The third-order valence-corrected chi connectivity index (χ3v) is 5.99. The predicted octanol–water partition coefficient (Wildman–Crippen LogP) is 4.96. The number of benzene rings is 2. The van der Waals surface area contributed by atoms with Gasteiger partial charge in [-0.1, -0.05) is 37.3 Å². The van der Waals surface area contributed by atoms with E-state index in [1.165, 1.54) is 11.6 Å². The molecule has 0 bridgehead atoms. The third-order valence-electron chi connectivity index (χ3n) is 5.99. The minimum Gasteiger partial charge on any atom is -0.354 e. The first-order valence-corrected chi connectivity index (χ1v) is 11.6. The van der Waals surface area contributed by atoms with Gasteiger partial charge >= 0.3 is 6.03 Å². The van der Waals surface area contributed by atoms with E-state index < -0.39 is 11.6 Å². The number of amides is 2. The molecular formula is C26H29F2N5O. The molecule has 1 aliphatic heterocycles. The first-order valence-electron chi connectivity index (χ1n) is 11.6. The topological polar surface area (TPSA) is 61.4 Å². The van der Waals surface area contributed by atoms with Crippen LogP contribution in [0.1, 0.15) is 36.0 Å². The molecule has 6 nitrogen and oxygen atoms in total. The van der Waals surface area contributed by atoms with E-state index >= 15 is 0 Å². The van der Waals surface area contributed by atoms with Gasteiger partial charge in [0, 0.05) is 55.6 Å². The fourth-order valence-corrected chi connectivity index (χ4v) is 4.28. The molecule has 178 valence electrons. The van der Waals surface area contributed by atoms with Gasteiger partial charge in [0.25, 0.3) is 0 Å². The Labute approximate surface area is 198 Å². The Morgan fingerprint density at radius 3 is 2.53 bits per heavy atom. The van der Waals surface area contributed by atoms with E-state index in [1.807, 2.05) is 25.1 Å². The van der Waals surface area contributed by atoms with Gasteiger partial charge in [0.15, 0.2) is 11.6 Å². The number of urea groups is 1. The van der Waals surface area contributed by atoms with Crippen molar-refractivity contribution in [3.63, 3.8) is 0 Å². The Hall–Kier alpha value is -3.55. The van der Waals surface area contributed by atoms with Crippen molar-refractivity contribution in [2.75, 3.05) is 36.4 Å². The average molecular weight is 466 g/mol. The van der Waals surface area contributed by atoms with E-state index in [1.54, 1.807) is 4.90 Å². The van der Waals surface area contributed by atoms with Crippen molar-refractivity contribution in [2.45, 2.75) is 33.1 Å². The van der Waals surface area contributed by atoms with Crippen LogP contribution in [0.15, 0.2) is 48.5 Å². The summed E-state index contributed by atoms with van der Waals surface area (Å²) in [6, 6.07) is 13.3. The minimum atomic E-state index is -0.989. The summed E-state index contributed by atoms with van der Waals surface area (Å²) >= 11 is 0. The summed E-state index contributed by atoms with van der Waals surface area (Å²) in [6.07, 6.45) is 2.33. The lowest BCUT2D eigenvalue weighted by Gasteiger charge is -2.26. The minimum absolute atomic E-state index is 0.231. The highest BCUT2D eigenvalue weighted by Crippen LogP contribution is 2.26. The molecular weight excluding hydrogens is 436 g/mol. The molecule has 2 amide bonds. The van der Waals surface area contributed by atoms with E-state index in [9.17, 15) is 13.6 Å². The number of anilines is 2. The lowest BCUT2D eigenvalue weighted by atomic mass is 10.0. The second kappa shape index (κ2) is 10.6. The molecule has 1 N–H and O–H groups in total. The molecule has 2 aromatic carbocycles. The molecule has 0 aliphatic carbocycles. The molecule has 0 atom stereocenters. The maximum absolute atomic E-state index is 13.5. The Morgan fingerprint density at radius 2 is 1.79 bits per heavy atom. The number of hydrogen-bond donors (Lipinski definition) is 1. The normalized spacial score (nSPS) is 14.1. The van der Waals surface area contributed by atoms with Gasteiger partial charge in [-0.05, 0) is 37.5 Å². The number of carbonyl (C=O) groups is 1. The fraction of sp³-hybridized carbons (Fsp3) is 0.346. The van der Waals surface area contributed by atoms with E-state index in [2.05, 4.69) is 29.3 Å². The molecule has 34 heavy (non-hydrogen) atoms. The van der Waals surface area contributed by atoms with Gasteiger partial charge in [-0.15, -0.1) is 0 Å². The van der Waals surface area contributed by atoms with Crippen molar-refractivity contribution in [3.8, 4) is 0 Å². The van der Waals surface area contributed by atoms with Crippen LogP contribution in [0.25, 0.3) is 0 Å². The summed E-state index contributed by atoms with van der Waals surface area (Å²) in [5, 5.41) is 2.67. The van der Waals surface area contributed by atoms with Gasteiger partial charge in [0.2, 0.25) is 0 Å². The van der Waals surface area contributed by atoms with Crippen molar-refractivity contribution in [2.24, 2.45) is 0 Å². The molecule has 1 saturated heterocycles. The summed E-state index contributed by atoms with van der Waals surface area (Å²) in [4.78, 5) is 26.2. The molecule has 0 unspecified atom stereocenters. The molecule has 1 fully saturated rings. The third kappa shape index (κ3) is 5.50. The Kier molecular flexibility index (Phi) is 7.35. The summed E-state index contributed by atoms with van der Waals surface area (Å²) in [7, 11) is 0. The number of nitrogens with one attached hydrogen (secondary N) is 1. The number of hydrogen-bond acceptors (Lipinski definition) is 4. The van der Waals surface area contributed by atoms with Crippen LogP contribution in [0.5, 0.6) is 0 Å². The molecule has 4 rings (SSSR count). The summed E-state index contributed by atoms with van der Waals surface area (Å²) in [5.41, 5.74) is 3.60. The average Bonchev–Trinajstić information content (AvgIpc) is 3.09. The first-order chi connectivity index (χ1) is 16.4. The lowest BCUT2D eigenvalue weighted by molar-refractivity contribution is 0.215.